The molecule has 15 heavy (non-hydrogen) atoms. The van der Waals surface area contributed by atoms with Gasteiger partial charge in [-0.1, -0.05) is 0 Å². The predicted molar refractivity (Wildman–Crippen MR) is 47.2 cm³/mol. The summed E-state index contributed by atoms with van der Waals surface area (Å²) in [6, 6.07) is -1.10. The zero-order valence-electron chi connectivity index (χ0n) is 8.63. The molecule has 0 aromatic carbocycles. The second-order valence-electron chi connectivity index (χ2n) is 2.84. The monoisotopic (exact) mass is 248 g/mol. The predicted octanol–water partition coefficient (Wildman–Crippen LogP) is -5.64. The minimum atomic E-state index is -4.40. The zero-order chi connectivity index (χ0) is 11.4. The van der Waals surface area contributed by atoms with Crippen molar-refractivity contribution < 1.29 is 52.4 Å². The van der Waals surface area contributed by atoms with Gasteiger partial charge >= 0.3 is 29.6 Å². The molecule has 0 aliphatic heterocycles. The fraction of sp³-hybridized carbons (Fsp3) is 0.833. The van der Waals surface area contributed by atoms with E-state index >= 15 is 0 Å². The van der Waals surface area contributed by atoms with Gasteiger partial charge in [-0.3, -0.25) is 4.79 Å². The second-order valence-corrected chi connectivity index (χ2v) is 4.63. The quantitative estimate of drug-likeness (QED) is 0.328. The van der Waals surface area contributed by atoms with E-state index in [1.807, 2.05) is 0 Å². The van der Waals surface area contributed by atoms with E-state index in [1.165, 1.54) is 6.92 Å². The Labute approximate surface area is 110 Å². The summed E-state index contributed by atoms with van der Waals surface area (Å²) in [5, 5.41) is 9.39. The molecule has 0 saturated carbocycles. The molecule has 84 valence electrons. The van der Waals surface area contributed by atoms with Crippen molar-refractivity contribution in [3.05, 3.63) is 0 Å². The first-order valence-electron chi connectivity index (χ1n) is 3.88. The molecule has 7 nitrogen and oxygen atoms in total. The van der Waals surface area contributed by atoms with E-state index in [0.29, 0.717) is 0 Å². The van der Waals surface area contributed by atoms with Crippen molar-refractivity contribution >= 4 is 16.0 Å². The molecule has 0 aromatic rings. The van der Waals surface area contributed by atoms with Gasteiger partial charge < -0.3 is 20.7 Å². The zero-order valence-corrected chi connectivity index (χ0v) is 11.5. The van der Waals surface area contributed by atoms with Gasteiger partial charge in [0.1, 0.15) is 6.04 Å². The maximum absolute atomic E-state index is 10.9. The maximum Gasteiger partial charge on any atom is 1.00 e. The van der Waals surface area contributed by atoms with Crippen LogP contribution in [-0.2, 0) is 14.9 Å². The second kappa shape index (κ2) is 7.55. The summed E-state index contributed by atoms with van der Waals surface area (Å²) >= 11 is 0. The number of hydrogen-bond acceptors (Lipinski definition) is 6. The van der Waals surface area contributed by atoms with Crippen LogP contribution in [0.2, 0.25) is 0 Å². The van der Waals surface area contributed by atoms with E-state index in [2.05, 4.69) is 5.32 Å². The normalized spacial score (nSPS) is 14.9. The topological polar surface area (TPSA) is 133 Å². The average molecular weight is 248 g/mol. The SMILES string of the molecule is CC(CNC(=O)[C@@H](N)CO)S(=O)(=O)[O-].[Na+]. The summed E-state index contributed by atoms with van der Waals surface area (Å²) in [5.41, 5.74) is 5.12. The number of aliphatic hydroxyl groups excluding tert-OH is 1. The van der Waals surface area contributed by atoms with Crippen LogP contribution in [0.25, 0.3) is 0 Å². The Morgan fingerprint density at radius 3 is 2.40 bits per heavy atom. The Bertz CT molecular complexity index is 294. The first-order valence-corrected chi connectivity index (χ1v) is 5.35. The van der Waals surface area contributed by atoms with Gasteiger partial charge in [0.05, 0.1) is 22.0 Å². The Morgan fingerprint density at radius 2 is 2.07 bits per heavy atom. The molecule has 0 aromatic heterocycles. The summed E-state index contributed by atoms with van der Waals surface area (Å²) in [4.78, 5) is 10.9. The van der Waals surface area contributed by atoms with E-state index in [4.69, 9.17) is 10.8 Å². The van der Waals surface area contributed by atoms with Crippen molar-refractivity contribution in [2.45, 2.75) is 18.2 Å². The molecule has 1 amide bonds. The number of nitrogens with two attached hydrogens (primary N) is 1. The molecule has 0 bridgehead atoms. The van der Waals surface area contributed by atoms with Crippen molar-refractivity contribution in [3.8, 4) is 0 Å². The molecule has 2 atom stereocenters. The van der Waals surface area contributed by atoms with Crippen LogP contribution in [0, 0.1) is 0 Å². The number of hydrogen-bond donors (Lipinski definition) is 3. The van der Waals surface area contributed by atoms with Gasteiger partial charge in [0.2, 0.25) is 5.91 Å². The molecule has 0 heterocycles. The van der Waals surface area contributed by atoms with E-state index in [9.17, 15) is 17.8 Å². The molecule has 0 radical (unpaired) electrons. The van der Waals surface area contributed by atoms with E-state index < -0.39 is 33.9 Å². The van der Waals surface area contributed by atoms with Gasteiger partial charge in [0, 0.05) is 6.54 Å². The molecule has 0 rings (SSSR count). The van der Waals surface area contributed by atoms with Crippen molar-refractivity contribution in [1.82, 2.24) is 5.32 Å². The van der Waals surface area contributed by atoms with Crippen molar-refractivity contribution in [1.29, 1.82) is 0 Å². The van der Waals surface area contributed by atoms with Crippen molar-refractivity contribution in [2.24, 2.45) is 5.73 Å². The molecule has 0 fully saturated rings. The van der Waals surface area contributed by atoms with Crippen LogP contribution in [0.15, 0.2) is 0 Å². The van der Waals surface area contributed by atoms with Gasteiger partial charge in [0.15, 0.2) is 0 Å². The minimum Gasteiger partial charge on any atom is -0.748 e. The Kier molecular flexibility index (Phi) is 8.91. The van der Waals surface area contributed by atoms with Crippen molar-refractivity contribution in [3.63, 3.8) is 0 Å². The van der Waals surface area contributed by atoms with Gasteiger partial charge in [-0.25, -0.2) is 8.42 Å². The van der Waals surface area contributed by atoms with Crippen LogP contribution < -0.4 is 40.6 Å². The molecule has 0 aliphatic carbocycles. The molecule has 0 aliphatic rings. The third-order valence-electron chi connectivity index (χ3n) is 1.59. The summed E-state index contributed by atoms with van der Waals surface area (Å²) in [5.74, 6) is -0.692. The first kappa shape index (κ1) is 17.7. The van der Waals surface area contributed by atoms with Crippen molar-refractivity contribution in [2.75, 3.05) is 13.2 Å². The first-order chi connectivity index (χ1) is 6.29. The number of carbonyl (C=O) groups is 1. The number of carbonyl (C=O) groups excluding carboxylic acids is 1. The molecular weight excluding hydrogens is 235 g/mol. The van der Waals surface area contributed by atoms with Crippen LogP contribution in [0.5, 0.6) is 0 Å². The van der Waals surface area contributed by atoms with Gasteiger partial charge in [0.25, 0.3) is 0 Å². The third kappa shape index (κ3) is 7.23. The largest absolute Gasteiger partial charge is 1.00 e. The Hall–Kier alpha value is 0.300. The van der Waals surface area contributed by atoms with Crippen LogP contribution >= 0.6 is 0 Å². The van der Waals surface area contributed by atoms with Crippen LogP contribution in [-0.4, -0.2) is 48.4 Å². The van der Waals surface area contributed by atoms with Gasteiger partial charge in [-0.15, -0.1) is 0 Å². The van der Waals surface area contributed by atoms with E-state index in [0.717, 1.165) is 0 Å². The number of amides is 1. The third-order valence-corrected chi connectivity index (χ3v) is 2.74. The smallest absolute Gasteiger partial charge is 0.748 e. The maximum atomic E-state index is 10.9. The average Bonchev–Trinajstić information content (AvgIpc) is 2.10. The Balaban J connectivity index is 0. The number of rotatable bonds is 5. The molecule has 0 saturated heterocycles. The molecule has 0 spiro atoms. The van der Waals surface area contributed by atoms with Gasteiger partial charge in [-0.05, 0) is 6.92 Å². The van der Waals surface area contributed by atoms with Crippen LogP contribution in [0.3, 0.4) is 0 Å². The molecule has 4 N–H and O–H groups in total. The number of aliphatic hydroxyl groups is 1. The molecule has 1 unspecified atom stereocenters. The molecular formula is C6H13N2NaO5S. The fourth-order valence-corrected chi connectivity index (χ4v) is 0.848. The summed E-state index contributed by atoms with van der Waals surface area (Å²) in [7, 11) is -4.40. The molecule has 9 heteroatoms. The summed E-state index contributed by atoms with van der Waals surface area (Å²) < 4.78 is 31.2. The number of nitrogens with one attached hydrogen (secondary N) is 1. The van der Waals surface area contributed by atoms with Gasteiger partial charge in [-0.2, -0.15) is 0 Å². The summed E-state index contributed by atoms with van der Waals surface area (Å²) in [6.07, 6.45) is 0. The summed E-state index contributed by atoms with van der Waals surface area (Å²) in [6.45, 7) is 0.329. The van der Waals surface area contributed by atoms with Crippen LogP contribution in [0.4, 0.5) is 0 Å². The van der Waals surface area contributed by atoms with E-state index in [1.54, 1.807) is 0 Å². The standard InChI is InChI=1S/C6H14N2O5S.Na/c1-4(14(11,12)13)2-8-6(10)5(7)3-9;/h4-5,9H,2-3,7H2,1H3,(H,8,10)(H,11,12,13);/q;+1/p-1/t4?,5-;/m0./s1. The van der Waals surface area contributed by atoms with Crippen LogP contribution in [0.1, 0.15) is 6.92 Å². The minimum absolute atomic E-state index is 0. The Morgan fingerprint density at radius 1 is 1.60 bits per heavy atom. The van der Waals surface area contributed by atoms with E-state index in [-0.39, 0.29) is 36.1 Å². The fourth-order valence-electron chi connectivity index (χ4n) is 0.560.